The minimum absolute atomic E-state index is 0.250. The second kappa shape index (κ2) is 7.39. The molecule has 0 aliphatic heterocycles. The first-order valence-corrected chi connectivity index (χ1v) is 2.58. The Kier molecular flexibility index (Phi) is 9.21. The summed E-state index contributed by atoms with van der Waals surface area (Å²) in [7, 11) is 0. The van der Waals surface area contributed by atoms with E-state index in [1.165, 1.54) is 6.92 Å². The lowest BCUT2D eigenvalue weighted by molar-refractivity contribution is -0.145. The molecule has 0 aromatic carbocycles. The lowest BCUT2D eigenvalue weighted by atomic mass is 10.4. The van der Waals surface area contributed by atoms with Crippen molar-refractivity contribution in [1.82, 2.24) is 0 Å². The van der Waals surface area contributed by atoms with Crippen molar-refractivity contribution in [1.29, 1.82) is 0 Å². The van der Waals surface area contributed by atoms with Crippen molar-refractivity contribution in [2.24, 2.45) is 0 Å². The van der Waals surface area contributed by atoms with Gasteiger partial charge in [-0.05, 0) is 13.8 Å². The van der Waals surface area contributed by atoms with Gasteiger partial charge in [-0.25, -0.2) is 4.79 Å². The van der Waals surface area contributed by atoms with Gasteiger partial charge in [0.2, 0.25) is 0 Å². The molecule has 0 aliphatic rings. The third-order valence-corrected chi connectivity index (χ3v) is 0.357. The highest BCUT2D eigenvalue weighted by Gasteiger charge is 2.01. The van der Waals surface area contributed by atoms with Gasteiger partial charge in [0, 0.05) is 6.61 Å². The molecule has 1 atom stereocenters. The molecule has 0 radical (unpaired) electrons. The summed E-state index contributed by atoms with van der Waals surface area (Å²) in [6.45, 7) is 3.13. The predicted octanol–water partition coefficient (Wildman–Crippen LogP) is -0.550. The Morgan fingerprint density at radius 3 is 1.78 bits per heavy atom. The fraction of sp³-hybridized carbons (Fsp3) is 0.800. The van der Waals surface area contributed by atoms with E-state index in [2.05, 4.69) is 0 Å². The highest BCUT2D eigenvalue weighted by atomic mass is 16.4. The first-order chi connectivity index (χ1) is 4.06. The minimum atomic E-state index is -1.23. The van der Waals surface area contributed by atoms with E-state index in [1.54, 1.807) is 6.92 Å². The summed E-state index contributed by atoms with van der Waals surface area (Å²) >= 11 is 0. The SMILES string of the molecule is CCO.C[C@H](O)C(=O)O. The molecule has 0 heterocycles. The van der Waals surface area contributed by atoms with E-state index >= 15 is 0 Å². The summed E-state index contributed by atoms with van der Waals surface area (Å²) in [6, 6.07) is 0. The second-order valence-corrected chi connectivity index (χ2v) is 1.33. The molecule has 9 heavy (non-hydrogen) atoms. The summed E-state index contributed by atoms with van der Waals surface area (Å²) in [5.74, 6) is -1.19. The Morgan fingerprint density at radius 2 is 1.78 bits per heavy atom. The number of rotatable bonds is 1. The summed E-state index contributed by atoms with van der Waals surface area (Å²) in [5, 5.41) is 23.3. The zero-order valence-corrected chi connectivity index (χ0v) is 5.53. The fourth-order valence-electron chi connectivity index (χ4n) is 0. The van der Waals surface area contributed by atoms with Crippen LogP contribution in [0, 0.1) is 0 Å². The van der Waals surface area contributed by atoms with E-state index in [4.69, 9.17) is 15.3 Å². The van der Waals surface area contributed by atoms with Crippen LogP contribution in [-0.2, 0) is 4.79 Å². The lowest BCUT2D eigenvalue weighted by Crippen LogP contribution is -2.13. The minimum Gasteiger partial charge on any atom is -0.479 e. The summed E-state index contributed by atoms with van der Waals surface area (Å²) in [6.07, 6.45) is -1.23. The first kappa shape index (κ1) is 11.2. The van der Waals surface area contributed by atoms with Crippen molar-refractivity contribution in [2.75, 3.05) is 6.61 Å². The molecule has 0 aromatic heterocycles. The van der Waals surface area contributed by atoms with Gasteiger partial charge in [-0.15, -0.1) is 0 Å². The summed E-state index contributed by atoms with van der Waals surface area (Å²) in [5.41, 5.74) is 0. The molecule has 0 fully saturated rings. The van der Waals surface area contributed by atoms with Gasteiger partial charge in [0.05, 0.1) is 0 Å². The lowest BCUT2D eigenvalue weighted by Gasteiger charge is -1.89. The molecule has 0 saturated carbocycles. The maximum Gasteiger partial charge on any atom is 0.332 e. The molecule has 0 spiro atoms. The quantitative estimate of drug-likeness (QED) is 0.452. The average molecular weight is 136 g/mol. The molecule has 0 unspecified atom stereocenters. The van der Waals surface area contributed by atoms with Crippen LogP contribution >= 0.6 is 0 Å². The molecule has 3 N–H and O–H groups in total. The van der Waals surface area contributed by atoms with Gasteiger partial charge in [-0.1, -0.05) is 0 Å². The Morgan fingerprint density at radius 1 is 1.67 bits per heavy atom. The van der Waals surface area contributed by atoms with E-state index in [0.29, 0.717) is 0 Å². The molecular weight excluding hydrogens is 124 g/mol. The molecule has 4 heteroatoms. The van der Waals surface area contributed by atoms with Gasteiger partial charge < -0.3 is 15.3 Å². The molecule has 0 rings (SSSR count). The topological polar surface area (TPSA) is 77.8 Å². The van der Waals surface area contributed by atoms with Crippen LogP contribution in [0.4, 0.5) is 0 Å². The molecule has 0 aromatic rings. The van der Waals surface area contributed by atoms with Crippen LogP contribution < -0.4 is 0 Å². The van der Waals surface area contributed by atoms with E-state index in [1.807, 2.05) is 0 Å². The predicted molar refractivity (Wildman–Crippen MR) is 32.1 cm³/mol. The van der Waals surface area contributed by atoms with E-state index in [-0.39, 0.29) is 6.61 Å². The number of carboxylic acid groups (broad SMARTS) is 1. The number of carboxylic acids is 1. The van der Waals surface area contributed by atoms with E-state index in [0.717, 1.165) is 0 Å². The number of aliphatic hydroxyl groups excluding tert-OH is 2. The smallest absolute Gasteiger partial charge is 0.332 e. The van der Waals surface area contributed by atoms with Gasteiger partial charge >= 0.3 is 5.97 Å². The molecule has 4 nitrogen and oxygen atoms in total. The van der Waals surface area contributed by atoms with Crippen LogP contribution in [0.2, 0.25) is 0 Å². The number of aliphatic hydroxyl groups is 2. The van der Waals surface area contributed by atoms with Crippen LogP contribution in [0.15, 0.2) is 0 Å². The van der Waals surface area contributed by atoms with Gasteiger partial charge in [-0.2, -0.15) is 0 Å². The standard InChI is InChI=1S/C3H6O3.C2H6O/c1-2(4)3(5)6;1-2-3/h2,4H,1H3,(H,5,6);3H,2H2,1H3/t2-;/m0./s1. The zero-order valence-electron chi connectivity index (χ0n) is 5.53. The van der Waals surface area contributed by atoms with Crippen LogP contribution in [0.5, 0.6) is 0 Å². The summed E-state index contributed by atoms with van der Waals surface area (Å²) < 4.78 is 0. The third-order valence-electron chi connectivity index (χ3n) is 0.357. The second-order valence-electron chi connectivity index (χ2n) is 1.33. The maximum absolute atomic E-state index is 9.45. The molecular formula is C5H12O4. The largest absolute Gasteiger partial charge is 0.479 e. The normalized spacial score (nSPS) is 11.1. The zero-order chi connectivity index (χ0) is 7.86. The van der Waals surface area contributed by atoms with Gasteiger partial charge in [0.25, 0.3) is 0 Å². The van der Waals surface area contributed by atoms with Crippen molar-refractivity contribution in [3.05, 3.63) is 0 Å². The Hall–Kier alpha value is -0.610. The highest BCUT2D eigenvalue weighted by molar-refractivity contribution is 5.71. The van der Waals surface area contributed by atoms with E-state index in [9.17, 15) is 4.79 Å². The monoisotopic (exact) mass is 136 g/mol. The first-order valence-electron chi connectivity index (χ1n) is 2.58. The molecule has 56 valence electrons. The molecule has 0 amide bonds. The fourth-order valence-corrected chi connectivity index (χ4v) is 0. The van der Waals surface area contributed by atoms with Gasteiger partial charge in [-0.3, -0.25) is 0 Å². The van der Waals surface area contributed by atoms with Crippen LogP contribution in [0.3, 0.4) is 0 Å². The summed E-state index contributed by atoms with van der Waals surface area (Å²) in [4.78, 5) is 9.45. The van der Waals surface area contributed by atoms with Crippen LogP contribution in [-0.4, -0.2) is 34.0 Å². The average Bonchev–Trinajstić information content (AvgIpc) is 1.68. The molecule has 0 aliphatic carbocycles. The van der Waals surface area contributed by atoms with Crippen molar-refractivity contribution in [3.63, 3.8) is 0 Å². The van der Waals surface area contributed by atoms with Crippen LogP contribution in [0.25, 0.3) is 0 Å². The number of hydrogen-bond donors (Lipinski definition) is 3. The van der Waals surface area contributed by atoms with Crippen molar-refractivity contribution in [2.45, 2.75) is 20.0 Å². The van der Waals surface area contributed by atoms with Crippen molar-refractivity contribution in [3.8, 4) is 0 Å². The molecule has 0 saturated heterocycles. The molecule has 0 bridgehead atoms. The van der Waals surface area contributed by atoms with Crippen molar-refractivity contribution < 1.29 is 20.1 Å². The Bertz CT molecular complexity index is 69.4. The Labute approximate surface area is 53.7 Å². The third kappa shape index (κ3) is 18.7. The van der Waals surface area contributed by atoms with Gasteiger partial charge in [0.15, 0.2) is 0 Å². The maximum atomic E-state index is 9.45. The number of aliphatic carboxylic acids is 1. The van der Waals surface area contributed by atoms with E-state index < -0.39 is 12.1 Å². The van der Waals surface area contributed by atoms with Crippen LogP contribution in [0.1, 0.15) is 13.8 Å². The number of carbonyl (C=O) groups is 1. The van der Waals surface area contributed by atoms with Crippen molar-refractivity contribution >= 4 is 5.97 Å². The number of hydrogen-bond acceptors (Lipinski definition) is 3. The van der Waals surface area contributed by atoms with Gasteiger partial charge in [0.1, 0.15) is 6.10 Å². The Balaban J connectivity index is 0. The highest BCUT2D eigenvalue weighted by Crippen LogP contribution is 1.73.